The summed E-state index contributed by atoms with van der Waals surface area (Å²) in [7, 11) is 0. The first-order valence-electron chi connectivity index (χ1n) is 28.7. The van der Waals surface area contributed by atoms with Gasteiger partial charge in [-0.3, -0.25) is 0 Å². The Morgan fingerprint density at radius 3 is 1.69 bits per heavy atom. The molecule has 2 aromatic rings. The van der Waals surface area contributed by atoms with E-state index in [1.165, 1.54) is 151 Å². The van der Waals surface area contributed by atoms with Crippen LogP contribution in [0.25, 0.3) is 11.1 Å². The first kappa shape index (κ1) is 64.1. The molecule has 1 aromatic heterocycles. The zero-order chi connectivity index (χ0) is 48.9. The Morgan fingerprint density at radius 1 is 0.641 bits per heavy atom. The highest BCUT2D eigenvalue weighted by Gasteiger charge is 2.35. The monoisotopic (exact) mass is 889 g/mol. The third-order valence-electron chi connectivity index (χ3n) is 14.2. The number of rotatable bonds is 26. The van der Waals surface area contributed by atoms with E-state index in [-0.39, 0.29) is 0 Å². The van der Waals surface area contributed by atoms with Gasteiger partial charge in [0.1, 0.15) is 11.5 Å². The quantitative estimate of drug-likeness (QED) is 0.0678. The molecule has 1 heteroatoms. The van der Waals surface area contributed by atoms with Gasteiger partial charge in [0.15, 0.2) is 0 Å². The minimum absolute atomic E-state index is 0.770. The highest BCUT2D eigenvalue weighted by Crippen LogP contribution is 2.50. The number of aryl methyl sites for hydroxylation is 2. The van der Waals surface area contributed by atoms with Gasteiger partial charge in [0.05, 0.1) is 0 Å². The van der Waals surface area contributed by atoms with E-state index in [0.29, 0.717) is 0 Å². The average Bonchev–Trinajstić information content (AvgIpc) is 3.79. The first-order chi connectivity index (χ1) is 31.1. The van der Waals surface area contributed by atoms with Crippen molar-refractivity contribution in [2.75, 3.05) is 0 Å². The number of furan rings is 1. The molecule has 1 aromatic carbocycles. The smallest absolute Gasteiger partial charge is 0.133 e. The van der Waals surface area contributed by atoms with Gasteiger partial charge >= 0.3 is 0 Å². The summed E-state index contributed by atoms with van der Waals surface area (Å²) in [5, 5.41) is 0. The van der Waals surface area contributed by atoms with E-state index in [4.69, 9.17) is 4.42 Å². The second kappa shape index (κ2) is 41.2. The number of hydrogen-bond donors (Lipinski definition) is 0. The van der Waals surface area contributed by atoms with Crippen LogP contribution in [0.4, 0.5) is 0 Å². The fourth-order valence-electron chi connectivity index (χ4n) is 9.58. The molecule has 0 amide bonds. The summed E-state index contributed by atoms with van der Waals surface area (Å²) in [6.07, 6.45) is 36.2. The lowest BCUT2D eigenvalue weighted by Crippen LogP contribution is -2.26. The molecular formula is C63H116O. The Morgan fingerprint density at radius 2 is 1.20 bits per heavy atom. The van der Waals surface area contributed by atoms with Crippen molar-refractivity contribution < 1.29 is 4.42 Å². The lowest BCUT2D eigenvalue weighted by molar-refractivity contribution is 0.195. The minimum atomic E-state index is 0.770. The molecule has 64 heavy (non-hydrogen) atoms. The average molecular weight is 890 g/mol. The predicted molar refractivity (Wildman–Crippen MR) is 296 cm³/mol. The Labute approximate surface area is 404 Å². The van der Waals surface area contributed by atoms with Crippen LogP contribution in [0.3, 0.4) is 0 Å². The van der Waals surface area contributed by atoms with Crippen LogP contribution < -0.4 is 0 Å². The second-order valence-corrected chi connectivity index (χ2v) is 19.1. The van der Waals surface area contributed by atoms with Crippen molar-refractivity contribution >= 4 is 11.1 Å². The Hall–Kier alpha value is -2.02. The Bertz CT molecular complexity index is 1390. The van der Waals surface area contributed by atoms with Crippen molar-refractivity contribution in [1.29, 1.82) is 0 Å². The van der Waals surface area contributed by atoms with Gasteiger partial charge in [0.2, 0.25) is 0 Å². The molecular weight excluding hydrogens is 773 g/mol. The van der Waals surface area contributed by atoms with Crippen LogP contribution in [0, 0.1) is 36.5 Å². The third kappa shape index (κ3) is 24.7. The third-order valence-corrected chi connectivity index (χ3v) is 14.2. The van der Waals surface area contributed by atoms with Gasteiger partial charge in [0, 0.05) is 12.0 Å². The molecule has 0 radical (unpaired) electrons. The van der Waals surface area contributed by atoms with Crippen LogP contribution in [-0.2, 0) is 6.42 Å². The molecule has 2 saturated carbocycles. The lowest BCUT2D eigenvalue weighted by Gasteiger charge is -2.41. The Kier molecular flexibility index (Phi) is 41.2. The van der Waals surface area contributed by atoms with E-state index in [1.54, 1.807) is 11.1 Å². The van der Waals surface area contributed by atoms with E-state index in [1.807, 2.05) is 55.4 Å². The summed E-state index contributed by atoms with van der Waals surface area (Å²) in [5.74, 6) is 8.36. The van der Waals surface area contributed by atoms with E-state index in [0.717, 1.165) is 72.2 Å². The maximum Gasteiger partial charge on any atom is 0.133 e. The van der Waals surface area contributed by atoms with Gasteiger partial charge in [-0.15, -0.1) is 0 Å². The summed E-state index contributed by atoms with van der Waals surface area (Å²) < 4.78 is 6.19. The van der Waals surface area contributed by atoms with E-state index < -0.39 is 0 Å². The van der Waals surface area contributed by atoms with Crippen molar-refractivity contribution in [3.63, 3.8) is 0 Å². The number of allylic oxidation sites excluding steroid dienone is 4. The molecule has 2 fully saturated rings. The number of benzene rings is 1. The van der Waals surface area contributed by atoms with Crippen molar-refractivity contribution in [3.8, 4) is 0 Å². The molecule has 4 rings (SSSR count). The summed E-state index contributed by atoms with van der Waals surface area (Å²) in [6, 6.07) is 9.50. The molecule has 1 nitrogen and oxygen atoms in total. The van der Waals surface area contributed by atoms with Crippen molar-refractivity contribution in [1.82, 2.24) is 0 Å². The molecule has 0 aliphatic heterocycles. The second-order valence-electron chi connectivity index (χ2n) is 19.1. The van der Waals surface area contributed by atoms with Gasteiger partial charge in [0.25, 0.3) is 0 Å². The van der Waals surface area contributed by atoms with Gasteiger partial charge < -0.3 is 4.42 Å². The van der Waals surface area contributed by atoms with Crippen LogP contribution in [0.1, 0.15) is 311 Å². The molecule has 4 atom stereocenters. The van der Waals surface area contributed by atoms with E-state index in [9.17, 15) is 0 Å². The predicted octanol–water partition coefficient (Wildman–Crippen LogP) is 22.7. The maximum absolute atomic E-state index is 6.19. The van der Waals surface area contributed by atoms with Crippen LogP contribution in [0.15, 0.2) is 40.8 Å². The molecule has 374 valence electrons. The normalized spacial score (nSPS) is 17.7. The van der Waals surface area contributed by atoms with E-state index >= 15 is 0 Å². The molecule has 0 spiro atoms. The molecule has 1 heterocycles. The zero-order valence-corrected chi connectivity index (χ0v) is 47.2. The van der Waals surface area contributed by atoms with Gasteiger partial charge in [-0.1, -0.05) is 239 Å². The summed E-state index contributed by atoms with van der Waals surface area (Å²) >= 11 is 0. The fraction of sp³-hybridized carbons (Fsp3) is 0.778. The highest BCUT2D eigenvalue weighted by molar-refractivity contribution is 5.82. The largest absolute Gasteiger partial charge is 0.461 e. The molecule has 2 aliphatic rings. The van der Waals surface area contributed by atoms with Crippen molar-refractivity contribution in [3.05, 3.63) is 70.2 Å². The van der Waals surface area contributed by atoms with Crippen LogP contribution >= 0.6 is 0 Å². The number of unbranched alkanes of at least 4 members (excludes halogenated alkanes) is 3. The van der Waals surface area contributed by atoms with Crippen LogP contribution in [-0.4, -0.2) is 0 Å². The van der Waals surface area contributed by atoms with E-state index in [2.05, 4.69) is 113 Å². The fourth-order valence-corrected chi connectivity index (χ4v) is 9.58. The Balaban J connectivity index is 0. The molecule has 0 bridgehead atoms. The summed E-state index contributed by atoms with van der Waals surface area (Å²) in [4.78, 5) is 0. The zero-order valence-electron chi connectivity index (χ0n) is 47.2. The SMILES string of the molecule is CC.CC.CC.CC.CCC/C=C(/C=C(/C)c1cc(C2CCC2)c(C2CC(CC(CCC)CCC(C)CC)C2)cc1C)c1ccc(CC)o1.CCCCCC(CCC)CCC(C)CC. The van der Waals surface area contributed by atoms with Gasteiger partial charge in [-0.25, -0.2) is 0 Å². The maximum atomic E-state index is 6.19. The van der Waals surface area contributed by atoms with Gasteiger partial charge in [-0.05, 0) is 140 Å². The van der Waals surface area contributed by atoms with Crippen molar-refractivity contribution in [2.24, 2.45) is 29.6 Å². The molecule has 4 unspecified atom stereocenters. The molecule has 0 N–H and O–H groups in total. The summed E-state index contributed by atoms with van der Waals surface area (Å²) in [6.45, 7) is 41.6. The number of hydrogen-bond acceptors (Lipinski definition) is 1. The van der Waals surface area contributed by atoms with Crippen molar-refractivity contribution in [2.45, 2.75) is 291 Å². The molecule has 0 saturated heterocycles. The van der Waals surface area contributed by atoms with Crippen LogP contribution in [0.2, 0.25) is 0 Å². The summed E-state index contributed by atoms with van der Waals surface area (Å²) in [5.41, 5.74) is 8.86. The van der Waals surface area contributed by atoms with Crippen LogP contribution in [0.5, 0.6) is 0 Å². The molecule has 2 aliphatic carbocycles. The highest BCUT2D eigenvalue weighted by atomic mass is 16.3. The topological polar surface area (TPSA) is 13.1 Å². The van der Waals surface area contributed by atoms with Gasteiger partial charge in [-0.2, -0.15) is 0 Å². The minimum Gasteiger partial charge on any atom is -0.461 e. The standard InChI is InChI=1S/C40H60O.C15H32.4C2H6/c1-8-12-15-34(40-21-20-36(11-4)41-40)22-29(6)37-27-39(33-16-13-17-33)38(23-30(37)7)35-25-32(26-35)24-31(14-9-2)19-18-28(5)10-3;1-5-8-9-11-15(10-6-2)13-12-14(4)7-3;4*1-2/h15,20-23,27-28,31-33,35H,8-14,16-19,24-26H2,1-7H3;14-15H,5-13H2,1-4H3;4*1-2H3/b29-22-,34-15-;;;;;. The first-order valence-corrected chi connectivity index (χ1v) is 28.7. The lowest BCUT2D eigenvalue weighted by atomic mass is 9.64.